The molecule has 2 rings (SSSR count). The Kier molecular flexibility index (Phi) is 5.88. The number of hydrogen-bond donors (Lipinski definition) is 1. The SMILES string of the molecule is Cc1cccc(C)c1NC(=O)CN(C)C(=O)c1ccc(C(F)(F)F)nc1C. The molecule has 1 heterocycles. The summed E-state index contributed by atoms with van der Waals surface area (Å²) in [6.07, 6.45) is -4.58. The van der Waals surface area contributed by atoms with Crippen molar-refractivity contribution in [1.29, 1.82) is 0 Å². The first-order chi connectivity index (χ1) is 12.5. The Labute approximate surface area is 155 Å². The highest BCUT2D eigenvalue weighted by atomic mass is 19.4. The zero-order chi connectivity index (χ0) is 20.4. The zero-order valence-corrected chi connectivity index (χ0v) is 15.4. The highest BCUT2D eigenvalue weighted by molar-refractivity contribution is 6.00. The van der Waals surface area contributed by atoms with Crippen molar-refractivity contribution in [2.75, 3.05) is 18.9 Å². The summed E-state index contributed by atoms with van der Waals surface area (Å²) in [6.45, 7) is 4.80. The van der Waals surface area contributed by atoms with Crippen LogP contribution in [-0.4, -0.2) is 35.3 Å². The van der Waals surface area contributed by atoms with E-state index in [1.54, 1.807) is 0 Å². The predicted molar refractivity (Wildman–Crippen MR) is 95.5 cm³/mol. The number of amides is 2. The fraction of sp³-hybridized carbons (Fsp3) is 0.316. The van der Waals surface area contributed by atoms with E-state index < -0.39 is 23.7 Å². The molecule has 2 amide bonds. The number of hydrogen-bond acceptors (Lipinski definition) is 3. The Morgan fingerprint density at radius 2 is 1.67 bits per heavy atom. The third kappa shape index (κ3) is 4.84. The molecule has 8 heteroatoms. The number of aromatic nitrogens is 1. The molecule has 1 N–H and O–H groups in total. The molecule has 0 aliphatic heterocycles. The lowest BCUT2D eigenvalue weighted by Gasteiger charge is -2.19. The molecule has 0 bridgehead atoms. The van der Waals surface area contributed by atoms with E-state index in [1.807, 2.05) is 32.0 Å². The third-order valence-electron chi connectivity index (χ3n) is 4.08. The summed E-state index contributed by atoms with van der Waals surface area (Å²) < 4.78 is 38.1. The summed E-state index contributed by atoms with van der Waals surface area (Å²) in [5.74, 6) is -0.980. The van der Waals surface area contributed by atoms with E-state index in [2.05, 4.69) is 10.3 Å². The van der Waals surface area contributed by atoms with Crippen molar-refractivity contribution >= 4 is 17.5 Å². The van der Waals surface area contributed by atoms with Crippen molar-refractivity contribution in [3.8, 4) is 0 Å². The lowest BCUT2D eigenvalue weighted by molar-refractivity contribution is -0.141. The maximum absolute atomic E-state index is 12.7. The number of benzene rings is 1. The van der Waals surface area contributed by atoms with Crippen LogP contribution in [-0.2, 0) is 11.0 Å². The first-order valence-corrected chi connectivity index (χ1v) is 8.17. The predicted octanol–water partition coefficient (Wildman–Crippen LogP) is 3.74. The molecule has 0 spiro atoms. The van der Waals surface area contributed by atoms with Gasteiger partial charge in [0.15, 0.2) is 0 Å². The highest BCUT2D eigenvalue weighted by Gasteiger charge is 2.33. The number of carbonyl (C=O) groups excluding carboxylic acids is 2. The molecule has 2 aromatic rings. The van der Waals surface area contributed by atoms with Crippen LogP contribution in [0.25, 0.3) is 0 Å². The molecule has 0 fully saturated rings. The number of anilines is 1. The fourth-order valence-electron chi connectivity index (χ4n) is 2.63. The summed E-state index contributed by atoms with van der Waals surface area (Å²) in [7, 11) is 1.41. The second-order valence-corrected chi connectivity index (χ2v) is 6.30. The van der Waals surface area contributed by atoms with Gasteiger partial charge < -0.3 is 10.2 Å². The minimum absolute atomic E-state index is 0.0189. The van der Waals surface area contributed by atoms with E-state index >= 15 is 0 Å². The number of nitrogens with zero attached hydrogens (tertiary/aromatic N) is 2. The highest BCUT2D eigenvalue weighted by Crippen LogP contribution is 2.28. The largest absolute Gasteiger partial charge is 0.433 e. The van der Waals surface area contributed by atoms with E-state index in [-0.39, 0.29) is 17.8 Å². The van der Waals surface area contributed by atoms with Crippen LogP contribution in [0.3, 0.4) is 0 Å². The second kappa shape index (κ2) is 7.77. The van der Waals surface area contributed by atoms with Gasteiger partial charge in [0.1, 0.15) is 5.69 Å². The van der Waals surface area contributed by atoms with E-state index in [0.29, 0.717) is 5.69 Å². The van der Waals surface area contributed by atoms with E-state index in [1.165, 1.54) is 14.0 Å². The number of rotatable bonds is 4. The molecular weight excluding hydrogens is 359 g/mol. The number of likely N-dealkylation sites (N-methyl/N-ethyl adjacent to an activating group) is 1. The number of para-hydroxylation sites is 1. The molecule has 1 aromatic carbocycles. The Morgan fingerprint density at radius 1 is 1.07 bits per heavy atom. The molecule has 1 aromatic heterocycles. The molecule has 0 aliphatic rings. The van der Waals surface area contributed by atoms with Crippen LogP contribution >= 0.6 is 0 Å². The number of nitrogens with one attached hydrogen (secondary N) is 1. The van der Waals surface area contributed by atoms with Crippen LogP contribution in [0.2, 0.25) is 0 Å². The number of carbonyl (C=O) groups is 2. The summed E-state index contributed by atoms with van der Waals surface area (Å²) in [6, 6.07) is 7.41. The Morgan fingerprint density at radius 3 is 2.19 bits per heavy atom. The van der Waals surface area contributed by atoms with Gasteiger partial charge in [0.2, 0.25) is 5.91 Å². The van der Waals surface area contributed by atoms with Crippen LogP contribution in [0.1, 0.15) is 32.9 Å². The molecule has 27 heavy (non-hydrogen) atoms. The first-order valence-electron chi connectivity index (χ1n) is 8.17. The molecule has 0 atom stereocenters. The lowest BCUT2D eigenvalue weighted by atomic mass is 10.1. The molecular formula is C19H20F3N3O2. The van der Waals surface area contributed by atoms with Gasteiger partial charge >= 0.3 is 6.18 Å². The van der Waals surface area contributed by atoms with E-state index in [4.69, 9.17) is 0 Å². The third-order valence-corrected chi connectivity index (χ3v) is 4.08. The van der Waals surface area contributed by atoms with Crippen molar-refractivity contribution < 1.29 is 22.8 Å². The second-order valence-electron chi connectivity index (χ2n) is 6.30. The Bertz CT molecular complexity index is 859. The number of pyridine rings is 1. The van der Waals surface area contributed by atoms with Gasteiger partial charge in [-0.3, -0.25) is 9.59 Å². The number of aryl methyl sites for hydroxylation is 3. The van der Waals surface area contributed by atoms with Crippen molar-refractivity contribution in [2.45, 2.75) is 26.9 Å². The van der Waals surface area contributed by atoms with Gasteiger partial charge in [-0.2, -0.15) is 13.2 Å². The van der Waals surface area contributed by atoms with E-state index in [0.717, 1.165) is 28.2 Å². The fourth-order valence-corrected chi connectivity index (χ4v) is 2.63. The van der Waals surface area contributed by atoms with Crippen LogP contribution in [0.5, 0.6) is 0 Å². The number of alkyl halides is 3. The van der Waals surface area contributed by atoms with Gasteiger partial charge in [0.05, 0.1) is 17.8 Å². The van der Waals surface area contributed by atoms with E-state index in [9.17, 15) is 22.8 Å². The number of halogens is 3. The van der Waals surface area contributed by atoms with Crippen molar-refractivity contribution in [2.24, 2.45) is 0 Å². The van der Waals surface area contributed by atoms with Crippen LogP contribution < -0.4 is 5.32 Å². The Balaban J connectivity index is 2.10. The lowest BCUT2D eigenvalue weighted by Crippen LogP contribution is -2.35. The van der Waals surface area contributed by atoms with Gasteiger partial charge in [0.25, 0.3) is 5.91 Å². The van der Waals surface area contributed by atoms with Gasteiger partial charge in [-0.25, -0.2) is 4.98 Å². The summed E-state index contributed by atoms with van der Waals surface area (Å²) in [5.41, 5.74) is 1.37. The summed E-state index contributed by atoms with van der Waals surface area (Å²) in [5, 5.41) is 2.76. The molecule has 0 saturated heterocycles. The van der Waals surface area contributed by atoms with Gasteiger partial charge in [-0.05, 0) is 44.0 Å². The Hall–Kier alpha value is -2.90. The van der Waals surface area contributed by atoms with Crippen LogP contribution in [0, 0.1) is 20.8 Å². The summed E-state index contributed by atoms with van der Waals surface area (Å²) >= 11 is 0. The summed E-state index contributed by atoms with van der Waals surface area (Å²) in [4.78, 5) is 29.3. The molecule has 0 unspecified atom stereocenters. The minimum Gasteiger partial charge on any atom is -0.332 e. The van der Waals surface area contributed by atoms with Crippen molar-refractivity contribution in [3.05, 3.63) is 58.4 Å². The van der Waals surface area contributed by atoms with Gasteiger partial charge in [-0.15, -0.1) is 0 Å². The van der Waals surface area contributed by atoms with Crippen LogP contribution in [0.15, 0.2) is 30.3 Å². The maximum atomic E-state index is 12.7. The molecule has 144 valence electrons. The average Bonchev–Trinajstić information content (AvgIpc) is 2.56. The van der Waals surface area contributed by atoms with Crippen molar-refractivity contribution in [1.82, 2.24) is 9.88 Å². The average molecular weight is 379 g/mol. The zero-order valence-electron chi connectivity index (χ0n) is 15.4. The first kappa shape index (κ1) is 20.4. The molecule has 5 nitrogen and oxygen atoms in total. The normalized spacial score (nSPS) is 11.2. The van der Waals surface area contributed by atoms with Crippen LogP contribution in [0.4, 0.5) is 18.9 Å². The smallest absolute Gasteiger partial charge is 0.332 e. The maximum Gasteiger partial charge on any atom is 0.433 e. The molecule has 0 radical (unpaired) electrons. The monoisotopic (exact) mass is 379 g/mol. The quantitative estimate of drug-likeness (QED) is 0.880. The molecule has 0 saturated carbocycles. The van der Waals surface area contributed by atoms with Gasteiger partial charge in [-0.1, -0.05) is 18.2 Å². The standard InChI is InChI=1S/C19H20F3N3O2/c1-11-6-5-7-12(2)17(11)24-16(26)10-25(4)18(27)14-8-9-15(19(20,21)22)23-13(14)3/h5-9H,10H2,1-4H3,(H,24,26). The minimum atomic E-state index is -4.58. The van der Waals surface area contributed by atoms with Crippen molar-refractivity contribution in [3.63, 3.8) is 0 Å². The molecule has 0 aliphatic carbocycles. The topological polar surface area (TPSA) is 62.3 Å². The van der Waals surface area contributed by atoms with Gasteiger partial charge in [0, 0.05) is 12.7 Å².